The average molecular weight is 533 g/mol. The average Bonchev–Trinajstić information content (AvgIpc) is 3.43. The molecule has 36 heavy (non-hydrogen) atoms. The quantitative estimate of drug-likeness (QED) is 0.219. The number of ether oxygens (including phenoxy) is 1. The first-order chi connectivity index (χ1) is 17.5. The number of fused-ring (bicyclic) bond motifs is 1. The minimum atomic E-state index is -0.655. The van der Waals surface area contributed by atoms with Crippen LogP contribution in [0.3, 0.4) is 0 Å². The minimum Gasteiger partial charge on any atom is -0.467 e. The van der Waals surface area contributed by atoms with Crippen molar-refractivity contribution in [3.05, 3.63) is 48.0 Å². The topological polar surface area (TPSA) is 96.7 Å². The van der Waals surface area contributed by atoms with Crippen LogP contribution in [0.5, 0.6) is 0 Å². The van der Waals surface area contributed by atoms with Crippen LogP contribution in [0.4, 0.5) is 0 Å². The van der Waals surface area contributed by atoms with Crippen molar-refractivity contribution in [3.8, 4) is 0 Å². The van der Waals surface area contributed by atoms with E-state index in [2.05, 4.69) is 58.5 Å². The van der Waals surface area contributed by atoms with E-state index in [-0.39, 0.29) is 30.6 Å². The van der Waals surface area contributed by atoms with E-state index < -0.39 is 12.0 Å². The zero-order valence-electron chi connectivity index (χ0n) is 21.3. The number of nitrogens with zero attached hydrogens (tertiary/aromatic N) is 1. The Hall–Kier alpha value is -1.78. The SMILES string of the molecule is COC(=O)C(CCSC)NC(=O)CN(Cc1cccc2ccccc12)C(CC(N)CS)[C@@H]1CCCN1. The molecule has 0 spiro atoms. The number of methoxy groups -OCH3 is 1. The normalized spacial score (nSPS) is 18.2. The smallest absolute Gasteiger partial charge is 0.328 e. The highest BCUT2D eigenvalue weighted by atomic mass is 32.2. The van der Waals surface area contributed by atoms with Gasteiger partial charge in [0.25, 0.3) is 0 Å². The summed E-state index contributed by atoms with van der Waals surface area (Å²) in [7, 11) is 1.36. The van der Waals surface area contributed by atoms with Gasteiger partial charge in [-0.2, -0.15) is 24.4 Å². The Morgan fingerprint density at radius 1 is 1.28 bits per heavy atom. The molecule has 9 heteroatoms. The molecule has 1 amide bonds. The van der Waals surface area contributed by atoms with Crippen molar-refractivity contribution in [1.29, 1.82) is 0 Å². The fourth-order valence-corrected chi connectivity index (χ4v) is 5.60. The third-order valence-corrected chi connectivity index (χ3v) is 7.96. The fourth-order valence-electron chi connectivity index (χ4n) is 4.98. The molecule has 1 heterocycles. The highest BCUT2D eigenvalue weighted by Gasteiger charge is 2.33. The maximum Gasteiger partial charge on any atom is 0.328 e. The summed E-state index contributed by atoms with van der Waals surface area (Å²) in [6, 6.07) is 14.2. The summed E-state index contributed by atoms with van der Waals surface area (Å²) in [6.45, 7) is 1.73. The van der Waals surface area contributed by atoms with Gasteiger partial charge in [0, 0.05) is 30.4 Å². The van der Waals surface area contributed by atoms with Crippen LogP contribution in [0.1, 0.15) is 31.2 Å². The lowest BCUT2D eigenvalue weighted by Gasteiger charge is -2.37. The molecule has 198 valence electrons. The van der Waals surface area contributed by atoms with Crippen LogP contribution in [0.15, 0.2) is 42.5 Å². The summed E-state index contributed by atoms with van der Waals surface area (Å²) in [5, 5.41) is 8.91. The third kappa shape index (κ3) is 8.11. The zero-order chi connectivity index (χ0) is 25.9. The largest absolute Gasteiger partial charge is 0.467 e. The molecule has 3 rings (SSSR count). The summed E-state index contributed by atoms with van der Waals surface area (Å²) in [5.74, 6) is 0.736. The fraction of sp³-hybridized carbons (Fsp3) is 0.556. The second-order valence-corrected chi connectivity index (χ2v) is 10.8. The van der Waals surface area contributed by atoms with E-state index in [1.807, 2.05) is 18.4 Å². The molecule has 3 unspecified atom stereocenters. The van der Waals surface area contributed by atoms with E-state index in [0.29, 0.717) is 18.7 Å². The minimum absolute atomic E-state index is 0.0575. The van der Waals surface area contributed by atoms with E-state index in [1.54, 1.807) is 11.8 Å². The standard InChI is InChI=1S/C27H40N4O3S2/c1-34-27(33)24(12-14-36-2)30-26(32)17-31(25(15-21(28)18-35)23-11-6-13-29-23)16-20-9-5-8-19-7-3-4-10-22(19)20/h3-5,7-10,21,23-25,29,35H,6,11-18,28H2,1-2H3,(H,30,32)/t21?,23-,24?,25?/m0/s1. The highest BCUT2D eigenvalue weighted by molar-refractivity contribution is 7.98. The van der Waals surface area contributed by atoms with Crippen LogP contribution < -0.4 is 16.4 Å². The Labute approximate surface area is 224 Å². The predicted octanol–water partition coefficient (Wildman–Crippen LogP) is 2.82. The van der Waals surface area contributed by atoms with Gasteiger partial charge in [-0.1, -0.05) is 42.5 Å². The summed E-state index contributed by atoms with van der Waals surface area (Å²) >= 11 is 6.07. The zero-order valence-corrected chi connectivity index (χ0v) is 23.0. The molecule has 4 N–H and O–H groups in total. The van der Waals surface area contributed by atoms with Gasteiger partial charge >= 0.3 is 5.97 Å². The Bertz CT molecular complexity index is 981. The lowest BCUT2D eigenvalue weighted by molar-refractivity contribution is -0.145. The van der Waals surface area contributed by atoms with Gasteiger partial charge in [-0.05, 0) is 60.6 Å². The number of nitrogens with two attached hydrogens (primary N) is 1. The van der Waals surface area contributed by atoms with Crippen molar-refractivity contribution in [2.24, 2.45) is 5.73 Å². The van der Waals surface area contributed by atoms with Crippen LogP contribution in [-0.2, 0) is 20.9 Å². The monoisotopic (exact) mass is 532 g/mol. The molecule has 1 aliphatic rings. The number of benzene rings is 2. The van der Waals surface area contributed by atoms with Gasteiger partial charge in [0.05, 0.1) is 13.7 Å². The Morgan fingerprint density at radius 3 is 2.75 bits per heavy atom. The van der Waals surface area contributed by atoms with Gasteiger partial charge in [-0.3, -0.25) is 9.69 Å². The molecule has 4 atom stereocenters. The van der Waals surface area contributed by atoms with Crippen molar-refractivity contribution in [1.82, 2.24) is 15.5 Å². The predicted molar refractivity (Wildman–Crippen MR) is 153 cm³/mol. The van der Waals surface area contributed by atoms with E-state index in [9.17, 15) is 9.59 Å². The van der Waals surface area contributed by atoms with Crippen LogP contribution in [-0.4, -0.2) is 78.9 Å². The van der Waals surface area contributed by atoms with Gasteiger partial charge in [-0.15, -0.1) is 0 Å². The second kappa shape index (κ2) is 14.8. The molecule has 2 aromatic carbocycles. The van der Waals surface area contributed by atoms with Crippen LogP contribution in [0.25, 0.3) is 10.8 Å². The molecular formula is C27H40N4O3S2. The van der Waals surface area contributed by atoms with Crippen LogP contribution >= 0.6 is 24.4 Å². The number of thioether (sulfide) groups is 1. The molecule has 1 aliphatic heterocycles. The molecule has 0 aliphatic carbocycles. The molecule has 2 aromatic rings. The first kappa shape index (κ1) is 28.8. The van der Waals surface area contributed by atoms with E-state index in [4.69, 9.17) is 10.5 Å². The molecule has 0 saturated carbocycles. The van der Waals surface area contributed by atoms with Crippen molar-refractivity contribution in [2.45, 2.75) is 56.4 Å². The Kier molecular flexibility index (Phi) is 11.9. The first-order valence-electron chi connectivity index (χ1n) is 12.6. The summed E-state index contributed by atoms with van der Waals surface area (Å²) in [6.07, 6.45) is 5.37. The molecule has 0 radical (unpaired) electrons. The lowest BCUT2D eigenvalue weighted by atomic mass is 9.96. The number of hydrogen-bond acceptors (Lipinski definition) is 8. The van der Waals surface area contributed by atoms with Gasteiger partial charge < -0.3 is 21.1 Å². The van der Waals surface area contributed by atoms with Crippen molar-refractivity contribution in [2.75, 3.05) is 38.0 Å². The Morgan fingerprint density at radius 2 is 2.06 bits per heavy atom. The second-order valence-electron chi connectivity index (χ2n) is 9.42. The van der Waals surface area contributed by atoms with Gasteiger partial charge in [0.15, 0.2) is 0 Å². The van der Waals surface area contributed by atoms with Gasteiger partial charge in [0.1, 0.15) is 6.04 Å². The summed E-state index contributed by atoms with van der Waals surface area (Å²) in [5.41, 5.74) is 7.55. The van der Waals surface area contributed by atoms with E-state index in [1.165, 1.54) is 17.9 Å². The third-order valence-electron chi connectivity index (χ3n) is 6.84. The van der Waals surface area contributed by atoms with Crippen molar-refractivity contribution in [3.63, 3.8) is 0 Å². The maximum absolute atomic E-state index is 13.3. The number of nitrogens with one attached hydrogen (secondary N) is 2. The number of carbonyl (C=O) groups is 2. The highest BCUT2D eigenvalue weighted by Crippen LogP contribution is 2.25. The van der Waals surface area contributed by atoms with Crippen LogP contribution in [0.2, 0.25) is 0 Å². The van der Waals surface area contributed by atoms with Crippen molar-refractivity contribution >= 4 is 47.0 Å². The van der Waals surface area contributed by atoms with Crippen molar-refractivity contribution < 1.29 is 14.3 Å². The molecule has 7 nitrogen and oxygen atoms in total. The number of thiol groups is 1. The van der Waals surface area contributed by atoms with Crippen LogP contribution in [0, 0.1) is 0 Å². The molecule has 1 saturated heterocycles. The summed E-state index contributed by atoms with van der Waals surface area (Å²) < 4.78 is 4.94. The van der Waals surface area contributed by atoms with E-state index in [0.717, 1.165) is 37.1 Å². The first-order valence-corrected chi connectivity index (χ1v) is 14.7. The van der Waals surface area contributed by atoms with Gasteiger partial charge in [-0.25, -0.2) is 4.79 Å². The number of amides is 1. The number of esters is 1. The number of carbonyl (C=O) groups excluding carboxylic acids is 2. The summed E-state index contributed by atoms with van der Waals surface area (Å²) in [4.78, 5) is 27.9. The molecular weight excluding hydrogens is 492 g/mol. The van der Waals surface area contributed by atoms with E-state index >= 15 is 0 Å². The lowest BCUT2D eigenvalue weighted by Crippen LogP contribution is -2.54. The Balaban J connectivity index is 1.89. The number of hydrogen-bond donors (Lipinski definition) is 4. The van der Waals surface area contributed by atoms with Gasteiger partial charge in [0.2, 0.25) is 5.91 Å². The maximum atomic E-state index is 13.3. The molecule has 0 bridgehead atoms. The molecule has 0 aromatic heterocycles. The number of rotatable bonds is 14. The molecule has 1 fully saturated rings.